The summed E-state index contributed by atoms with van der Waals surface area (Å²) in [5.74, 6) is 6.60. The van der Waals surface area contributed by atoms with Crippen molar-refractivity contribution in [1.29, 1.82) is 0 Å². The van der Waals surface area contributed by atoms with Gasteiger partial charge in [0.05, 0.1) is 0 Å². The summed E-state index contributed by atoms with van der Waals surface area (Å²) < 4.78 is 5.57. The second-order valence-electron chi connectivity index (χ2n) is 2.89. The van der Waals surface area contributed by atoms with Crippen molar-refractivity contribution in [2.24, 2.45) is 5.84 Å². The lowest BCUT2D eigenvalue weighted by Crippen LogP contribution is -2.08. The van der Waals surface area contributed by atoms with E-state index >= 15 is 0 Å². The number of ether oxygens (including phenoxy) is 1. The number of hydrogen-bond acceptors (Lipinski definition) is 5. The highest BCUT2D eigenvalue weighted by Crippen LogP contribution is 2.17. The lowest BCUT2D eigenvalue weighted by molar-refractivity contribution is 0.309. The molecule has 0 saturated heterocycles. The van der Waals surface area contributed by atoms with E-state index in [2.05, 4.69) is 10.4 Å². The summed E-state index contributed by atoms with van der Waals surface area (Å²) >= 11 is 1.67. The molecule has 15 heavy (non-hydrogen) atoms. The summed E-state index contributed by atoms with van der Waals surface area (Å²) in [4.78, 5) is 5.18. The van der Waals surface area contributed by atoms with Crippen molar-refractivity contribution in [2.45, 2.75) is 6.61 Å². The normalized spacial score (nSPS) is 9.93. The Morgan fingerprint density at radius 1 is 1.47 bits per heavy atom. The van der Waals surface area contributed by atoms with Crippen LogP contribution in [0, 0.1) is 0 Å². The third kappa shape index (κ3) is 2.68. The Balaban J connectivity index is 1.98. The molecule has 0 aliphatic rings. The molecule has 2 rings (SSSR count). The monoisotopic (exact) mass is 221 g/mol. The highest BCUT2D eigenvalue weighted by molar-refractivity contribution is 7.09. The summed E-state index contributed by atoms with van der Waals surface area (Å²) in [5, 5.41) is 2.03. The first-order valence-electron chi connectivity index (χ1n) is 4.46. The molecule has 2 aromatic heterocycles. The number of thiophene rings is 1. The molecule has 0 aliphatic carbocycles. The lowest BCUT2D eigenvalue weighted by atomic mass is 10.4. The number of nitrogens with two attached hydrogens (primary N) is 1. The average molecular weight is 221 g/mol. The van der Waals surface area contributed by atoms with Crippen LogP contribution in [0.25, 0.3) is 0 Å². The third-order valence-corrected chi connectivity index (χ3v) is 2.69. The number of nitrogens with zero attached hydrogens (tertiary/aromatic N) is 1. The fraction of sp³-hybridized carbons (Fsp3) is 0.100. The van der Waals surface area contributed by atoms with Crippen molar-refractivity contribution in [2.75, 3.05) is 5.43 Å². The SMILES string of the molecule is NNc1cc(OCc2cccs2)ccn1. The molecule has 0 bridgehead atoms. The molecule has 2 aromatic rings. The Morgan fingerprint density at radius 2 is 2.40 bits per heavy atom. The Labute approximate surface area is 91.7 Å². The lowest BCUT2D eigenvalue weighted by Gasteiger charge is -2.05. The number of aromatic nitrogens is 1. The Kier molecular flexibility index (Phi) is 3.16. The van der Waals surface area contributed by atoms with Gasteiger partial charge in [-0.15, -0.1) is 11.3 Å². The number of hydrogen-bond donors (Lipinski definition) is 2. The molecular formula is C10H11N3OS. The summed E-state index contributed by atoms with van der Waals surface area (Å²) in [6, 6.07) is 7.60. The van der Waals surface area contributed by atoms with E-state index in [1.165, 1.54) is 4.88 Å². The van der Waals surface area contributed by atoms with Crippen molar-refractivity contribution >= 4 is 17.2 Å². The largest absolute Gasteiger partial charge is 0.488 e. The van der Waals surface area contributed by atoms with Gasteiger partial charge in [0, 0.05) is 17.1 Å². The quantitative estimate of drug-likeness (QED) is 0.612. The molecule has 78 valence electrons. The second kappa shape index (κ2) is 4.77. The van der Waals surface area contributed by atoms with Crippen LogP contribution in [0.15, 0.2) is 35.8 Å². The molecule has 5 heteroatoms. The van der Waals surface area contributed by atoms with Gasteiger partial charge in [0.2, 0.25) is 0 Å². The molecule has 0 spiro atoms. The summed E-state index contributed by atoms with van der Waals surface area (Å²) in [6.45, 7) is 0.575. The number of pyridine rings is 1. The Morgan fingerprint density at radius 3 is 3.13 bits per heavy atom. The maximum atomic E-state index is 5.57. The van der Waals surface area contributed by atoms with Crippen LogP contribution in [0.1, 0.15) is 4.88 Å². The number of anilines is 1. The Bertz CT molecular complexity index is 416. The van der Waals surface area contributed by atoms with Crippen LogP contribution >= 0.6 is 11.3 Å². The maximum absolute atomic E-state index is 5.57. The highest BCUT2D eigenvalue weighted by Gasteiger charge is 1.98. The van der Waals surface area contributed by atoms with Crippen LogP contribution in [0.5, 0.6) is 5.75 Å². The standard InChI is InChI=1S/C10H11N3OS/c11-13-10-6-8(3-4-12-10)14-7-9-2-1-5-15-9/h1-6H,7,11H2,(H,12,13). The van der Waals surface area contributed by atoms with Gasteiger partial charge in [-0.1, -0.05) is 6.07 Å². The average Bonchev–Trinajstić information content (AvgIpc) is 2.79. The zero-order chi connectivity index (χ0) is 10.5. The molecule has 0 amide bonds. The van der Waals surface area contributed by atoms with Crippen molar-refractivity contribution in [3.63, 3.8) is 0 Å². The molecule has 0 unspecified atom stereocenters. The van der Waals surface area contributed by atoms with Gasteiger partial charge in [-0.3, -0.25) is 0 Å². The topological polar surface area (TPSA) is 60.2 Å². The van der Waals surface area contributed by atoms with E-state index < -0.39 is 0 Å². The van der Waals surface area contributed by atoms with Gasteiger partial charge < -0.3 is 10.2 Å². The number of nitrogen functional groups attached to an aromatic ring is 1. The van der Waals surface area contributed by atoms with E-state index in [0.717, 1.165) is 5.75 Å². The summed E-state index contributed by atoms with van der Waals surface area (Å²) in [5.41, 5.74) is 2.47. The second-order valence-corrected chi connectivity index (χ2v) is 3.92. The molecule has 3 N–H and O–H groups in total. The molecule has 0 aliphatic heterocycles. The van der Waals surface area contributed by atoms with Crippen LogP contribution in [0.3, 0.4) is 0 Å². The first kappa shape index (κ1) is 9.95. The Hall–Kier alpha value is -1.59. The minimum Gasteiger partial charge on any atom is -0.488 e. The van der Waals surface area contributed by atoms with E-state index in [9.17, 15) is 0 Å². The van der Waals surface area contributed by atoms with Crippen molar-refractivity contribution in [3.05, 3.63) is 40.7 Å². The van der Waals surface area contributed by atoms with E-state index in [1.807, 2.05) is 17.5 Å². The van der Waals surface area contributed by atoms with Gasteiger partial charge in [-0.2, -0.15) is 0 Å². The van der Waals surface area contributed by atoms with E-state index in [1.54, 1.807) is 29.7 Å². The zero-order valence-electron chi connectivity index (χ0n) is 8.01. The summed E-state index contributed by atoms with van der Waals surface area (Å²) in [7, 11) is 0. The maximum Gasteiger partial charge on any atom is 0.143 e. The molecular weight excluding hydrogens is 210 g/mol. The predicted molar refractivity (Wildman–Crippen MR) is 60.7 cm³/mol. The smallest absolute Gasteiger partial charge is 0.143 e. The molecule has 0 saturated carbocycles. The van der Waals surface area contributed by atoms with Gasteiger partial charge in [0.25, 0.3) is 0 Å². The van der Waals surface area contributed by atoms with Crippen LogP contribution in [0.4, 0.5) is 5.82 Å². The van der Waals surface area contributed by atoms with Crippen LogP contribution in [-0.4, -0.2) is 4.98 Å². The molecule has 0 fully saturated rings. The first-order valence-corrected chi connectivity index (χ1v) is 5.34. The van der Waals surface area contributed by atoms with Gasteiger partial charge >= 0.3 is 0 Å². The van der Waals surface area contributed by atoms with E-state index in [0.29, 0.717) is 12.4 Å². The highest BCUT2D eigenvalue weighted by atomic mass is 32.1. The van der Waals surface area contributed by atoms with Crippen molar-refractivity contribution < 1.29 is 4.74 Å². The predicted octanol–water partition coefficient (Wildman–Crippen LogP) is 2.01. The van der Waals surface area contributed by atoms with Gasteiger partial charge in [0.15, 0.2) is 0 Å². The minimum atomic E-state index is 0.575. The fourth-order valence-electron chi connectivity index (χ4n) is 1.13. The number of nitrogens with one attached hydrogen (secondary N) is 1. The summed E-state index contributed by atoms with van der Waals surface area (Å²) in [6.07, 6.45) is 1.65. The third-order valence-electron chi connectivity index (χ3n) is 1.84. The molecule has 0 radical (unpaired) electrons. The molecule has 4 nitrogen and oxygen atoms in total. The van der Waals surface area contributed by atoms with Crippen LogP contribution in [0.2, 0.25) is 0 Å². The fourth-order valence-corrected chi connectivity index (χ4v) is 1.75. The first-order chi connectivity index (χ1) is 7.38. The molecule has 0 aromatic carbocycles. The van der Waals surface area contributed by atoms with Crippen molar-refractivity contribution in [1.82, 2.24) is 4.98 Å². The van der Waals surface area contributed by atoms with Gasteiger partial charge in [-0.25, -0.2) is 10.8 Å². The zero-order valence-corrected chi connectivity index (χ0v) is 8.83. The van der Waals surface area contributed by atoms with Crippen LogP contribution < -0.4 is 16.0 Å². The molecule has 0 atom stereocenters. The van der Waals surface area contributed by atoms with E-state index in [-0.39, 0.29) is 0 Å². The van der Waals surface area contributed by atoms with Crippen molar-refractivity contribution in [3.8, 4) is 5.75 Å². The number of rotatable bonds is 4. The van der Waals surface area contributed by atoms with E-state index in [4.69, 9.17) is 10.6 Å². The van der Waals surface area contributed by atoms with Gasteiger partial charge in [-0.05, 0) is 17.5 Å². The van der Waals surface area contributed by atoms with Gasteiger partial charge in [0.1, 0.15) is 18.2 Å². The van der Waals surface area contributed by atoms with Crippen LogP contribution in [-0.2, 0) is 6.61 Å². The number of hydrazine groups is 1. The minimum absolute atomic E-state index is 0.575. The molecule has 2 heterocycles.